The Morgan fingerprint density at radius 1 is 1.00 bits per heavy atom. The van der Waals surface area contributed by atoms with Crippen molar-refractivity contribution in [1.29, 1.82) is 0 Å². The number of benzene rings is 1. The van der Waals surface area contributed by atoms with E-state index in [-0.39, 0.29) is 0 Å². The van der Waals surface area contributed by atoms with E-state index in [1.54, 1.807) is 25.4 Å². The summed E-state index contributed by atoms with van der Waals surface area (Å²) < 4.78 is 5.17. The third-order valence-electron chi connectivity index (χ3n) is 3.01. The van der Waals surface area contributed by atoms with E-state index >= 15 is 0 Å². The van der Waals surface area contributed by atoms with Gasteiger partial charge >= 0.3 is 0 Å². The highest BCUT2D eigenvalue weighted by atomic mass is 35.5. The highest BCUT2D eigenvalue weighted by Crippen LogP contribution is 2.36. The molecule has 2 heterocycles. The molecule has 0 amide bonds. The molecular weight excluding hydrogens is 295 g/mol. The molecule has 100 valence electrons. The maximum atomic E-state index is 6.29. The van der Waals surface area contributed by atoms with Gasteiger partial charge in [0.05, 0.1) is 22.7 Å². The van der Waals surface area contributed by atoms with Crippen molar-refractivity contribution >= 4 is 34.2 Å². The molecule has 0 radical (unpaired) electrons. The van der Waals surface area contributed by atoms with Crippen LogP contribution in [0.3, 0.4) is 0 Å². The first-order chi connectivity index (χ1) is 9.70. The predicted molar refractivity (Wildman–Crippen MR) is 81.5 cm³/mol. The normalized spacial score (nSPS) is 10.8. The maximum Gasteiger partial charge on any atom is 0.213 e. The molecule has 0 unspecified atom stereocenters. The summed E-state index contributed by atoms with van der Waals surface area (Å²) in [5.41, 5.74) is 3.21. The second-order valence-electron chi connectivity index (χ2n) is 4.18. The molecule has 0 saturated carbocycles. The van der Waals surface area contributed by atoms with Gasteiger partial charge in [-0.05, 0) is 18.2 Å². The fraction of sp³-hybridized carbons (Fsp3) is 0.0667. The molecule has 0 aliphatic carbocycles. The summed E-state index contributed by atoms with van der Waals surface area (Å²) in [6, 6.07) is 11.0. The van der Waals surface area contributed by atoms with Gasteiger partial charge in [0, 0.05) is 23.4 Å². The van der Waals surface area contributed by atoms with Gasteiger partial charge in [0.1, 0.15) is 5.52 Å². The summed E-state index contributed by atoms with van der Waals surface area (Å²) >= 11 is 12.4. The van der Waals surface area contributed by atoms with Crippen molar-refractivity contribution < 1.29 is 4.74 Å². The SMILES string of the molecule is COc1ccc2nccc(-c3cccc(Cl)c3Cl)c2n1. The number of nitrogens with zero attached hydrogens (tertiary/aromatic N) is 2. The van der Waals surface area contributed by atoms with Crippen molar-refractivity contribution in [2.45, 2.75) is 0 Å². The standard InChI is InChI=1S/C15H10Cl2N2O/c1-20-13-6-5-12-15(19-13)10(7-8-18-12)9-3-2-4-11(16)14(9)17/h2-8H,1H3. The van der Waals surface area contributed by atoms with E-state index in [0.717, 1.165) is 22.2 Å². The molecule has 3 aromatic rings. The Labute approximate surface area is 126 Å². The summed E-state index contributed by atoms with van der Waals surface area (Å²) in [5, 5.41) is 1.02. The molecule has 0 spiro atoms. The Morgan fingerprint density at radius 3 is 2.65 bits per heavy atom. The molecule has 5 heteroatoms. The average molecular weight is 305 g/mol. The lowest BCUT2D eigenvalue weighted by Gasteiger charge is -2.09. The molecule has 3 rings (SSSR count). The quantitative estimate of drug-likeness (QED) is 0.693. The molecule has 2 aromatic heterocycles. The van der Waals surface area contributed by atoms with E-state index in [4.69, 9.17) is 27.9 Å². The van der Waals surface area contributed by atoms with Gasteiger partial charge in [0.2, 0.25) is 5.88 Å². The Balaban J connectivity index is 2.33. The number of rotatable bonds is 2. The van der Waals surface area contributed by atoms with E-state index in [1.165, 1.54) is 0 Å². The number of pyridine rings is 2. The molecule has 1 aromatic carbocycles. The summed E-state index contributed by atoms with van der Waals surface area (Å²) in [7, 11) is 1.58. The van der Waals surface area contributed by atoms with Gasteiger partial charge < -0.3 is 4.74 Å². The molecule has 0 aliphatic heterocycles. The van der Waals surface area contributed by atoms with E-state index in [2.05, 4.69) is 9.97 Å². The van der Waals surface area contributed by atoms with Gasteiger partial charge in [0.25, 0.3) is 0 Å². The predicted octanol–water partition coefficient (Wildman–Crippen LogP) is 4.61. The summed E-state index contributed by atoms with van der Waals surface area (Å²) in [6.45, 7) is 0. The molecule has 0 saturated heterocycles. The Bertz CT molecular complexity index is 790. The van der Waals surface area contributed by atoms with E-state index in [0.29, 0.717) is 15.9 Å². The highest BCUT2D eigenvalue weighted by Gasteiger charge is 2.12. The van der Waals surface area contributed by atoms with E-state index in [9.17, 15) is 0 Å². The Kier molecular flexibility index (Phi) is 3.47. The topological polar surface area (TPSA) is 35.0 Å². The van der Waals surface area contributed by atoms with Crippen LogP contribution in [0.15, 0.2) is 42.6 Å². The van der Waals surface area contributed by atoms with Crippen molar-refractivity contribution in [3.8, 4) is 17.0 Å². The number of methoxy groups -OCH3 is 1. The summed E-state index contributed by atoms with van der Waals surface area (Å²) in [6.07, 6.45) is 1.73. The van der Waals surface area contributed by atoms with E-state index in [1.807, 2.05) is 24.3 Å². The minimum Gasteiger partial charge on any atom is -0.481 e. The lowest BCUT2D eigenvalue weighted by molar-refractivity contribution is 0.399. The minimum absolute atomic E-state index is 0.506. The van der Waals surface area contributed by atoms with Crippen LogP contribution in [0.4, 0.5) is 0 Å². The number of ether oxygens (including phenoxy) is 1. The second-order valence-corrected chi connectivity index (χ2v) is 4.97. The zero-order valence-electron chi connectivity index (χ0n) is 10.6. The van der Waals surface area contributed by atoms with Crippen LogP contribution in [0.25, 0.3) is 22.2 Å². The van der Waals surface area contributed by atoms with E-state index < -0.39 is 0 Å². The van der Waals surface area contributed by atoms with Crippen molar-refractivity contribution in [2.24, 2.45) is 0 Å². The van der Waals surface area contributed by atoms with Gasteiger partial charge in [-0.2, -0.15) is 0 Å². The lowest BCUT2D eigenvalue weighted by Crippen LogP contribution is -1.92. The molecule has 0 fully saturated rings. The number of hydrogen-bond donors (Lipinski definition) is 0. The van der Waals surface area contributed by atoms with Crippen LogP contribution in [0, 0.1) is 0 Å². The Morgan fingerprint density at radius 2 is 1.85 bits per heavy atom. The fourth-order valence-corrected chi connectivity index (χ4v) is 2.45. The number of aromatic nitrogens is 2. The van der Waals surface area contributed by atoms with Gasteiger partial charge in [-0.1, -0.05) is 35.3 Å². The van der Waals surface area contributed by atoms with Gasteiger partial charge in [0.15, 0.2) is 0 Å². The van der Waals surface area contributed by atoms with Crippen LogP contribution in [0.1, 0.15) is 0 Å². The minimum atomic E-state index is 0.506. The molecule has 0 atom stereocenters. The largest absolute Gasteiger partial charge is 0.481 e. The molecule has 20 heavy (non-hydrogen) atoms. The fourth-order valence-electron chi connectivity index (χ4n) is 2.05. The van der Waals surface area contributed by atoms with Crippen molar-refractivity contribution in [2.75, 3.05) is 7.11 Å². The first-order valence-electron chi connectivity index (χ1n) is 5.95. The molecule has 3 nitrogen and oxygen atoms in total. The van der Waals surface area contributed by atoms with Crippen molar-refractivity contribution in [3.63, 3.8) is 0 Å². The lowest BCUT2D eigenvalue weighted by atomic mass is 10.0. The third kappa shape index (κ3) is 2.19. The van der Waals surface area contributed by atoms with Gasteiger partial charge in [-0.15, -0.1) is 0 Å². The zero-order valence-corrected chi connectivity index (χ0v) is 12.1. The Hall–Kier alpha value is -1.84. The van der Waals surface area contributed by atoms with Crippen LogP contribution in [0.2, 0.25) is 10.0 Å². The molecular formula is C15H10Cl2N2O. The molecule has 0 aliphatic rings. The van der Waals surface area contributed by atoms with Crippen LogP contribution in [-0.2, 0) is 0 Å². The third-order valence-corrected chi connectivity index (χ3v) is 3.83. The average Bonchev–Trinajstić information content (AvgIpc) is 2.49. The van der Waals surface area contributed by atoms with Crippen molar-refractivity contribution in [3.05, 3.63) is 52.6 Å². The summed E-state index contributed by atoms with van der Waals surface area (Å²) in [5.74, 6) is 0.532. The zero-order chi connectivity index (χ0) is 14.1. The van der Waals surface area contributed by atoms with Crippen LogP contribution in [-0.4, -0.2) is 17.1 Å². The second kappa shape index (κ2) is 5.27. The van der Waals surface area contributed by atoms with Crippen molar-refractivity contribution in [1.82, 2.24) is 9.97 Å². The number of fused-ring (bicyclic) bond motifs is 1. The molecule has 0 N–H and O–H groups in total. The first kappa shape index (κ1) is 13.2. The molecule has 0 bridgehead atoms. The first-order valence-corrected chi connectivity index (χ1v) is 6.70. The van der Waals surface area contributed by atoms with Crippen LogP contribution in [0.5, 0.6) is 5.88 Å². The highest BCUT2D eigenvalue weighted by molar-refractivity contribution is 6.43. The summed E-state index contributed by atoms with van der Waals surface area (Å²) in [4.78, 5) is 8.76. The monoisotopic (exact) mass is 304 g/mol. The number of hydrogen-bond acceptors (Lipinski definition) is 3. The van der Waals surface area contributed by atoms with Gasteiger partial charge in [-0.3, -0.25) is 4.98 Å². The number of halogens is 2. The van der Waals surface area contributed by atoms with Crippen LogP contribution >= 0.6 is 23.2 Å². The van der Waals surface area contributed by atoms with Gasteiger partial charge in [-0.25, -0.2) is 4.98 Å². The maximum absolute atomic E-state index is 6.29. The van der Waals surface area contributed by atoms with Crippen LogP contribution < -0.4 is 4.74 Å². The smallest absolute Gasteiger partial charge is 0.213 e.